The second kappa shape index (κ2) is 5.92. The molecule has 0 aromatic carbocycles. The fraction of sp³-hybridized carbons (Fsp3) is 0.643. The summed E-state index contributed by atoms with van der Waals surface area (Å²) in [5.74, 6) is 0. The Hall–Kier alpha value is -1.07. The molecule has 5 heteroatoms. The van der Waals surface area contributed by atoms with Crippen LogP contribution in [0.1, 0.15) is 30.6 Å². The molecule has 0 bridgehead atoms. The molecular weight excluding hydrogens is 258 g/mol. The number of carbonyl (C=O) groups excluding carboxylic acids is 1. The summed E-state index contributed by atoms with van der Waals surface area (Å²) < 4.78 is 0. The number of amides is 2. The lowest BCUT2D eigenvalue weighted by Gasteiger charge is -2.32. The number of fused-ring (bicyclic) bond motifs is 1. The summed E-state index contributed by atoms with van der Waals surface area (Å²) in [6.07, 6.45) is 4.94. The summed E-state index contributed by atoms with van der Waals surface area (Å²) >= 11 is 1.68. The molecule has 104 valence electrons. The molecule has 3 heterocycles. The molecule has 0 saturated carbocycles. The zero-order valence-corrected chi connectivity index (χ0v) is 11.9. The lowest BCUT2D eigenvalue weighted by atomic mass is 9.99. The highest BCUT2D eigenvalue weighted by Gasteiger charge is 2.36. The van der Waals surface area contributed by atoms with Crippen LogP contribution in [0.5, 0.6) is 0 Å². The van der Waals surface area contributed by atoms with Gasteiger partial charge in [-0.05, 0) is 37.3 Å². The van der Waals surface area contributed by atoms with Crippen LogP contribution in [0.15, 0.2) is 17.5 Å². The fourth-order valence-corrected chi connectivity index (χ4v) is 3.86. The SMILES string of the molecule is O=C(NCc1cccs1)N[C@@H]1CCN2CCCC[C@H]12. The van der Waals surface area contributed by atoms with Crippen molar-refractivity contribution >= 4 is 17.4 Å². The van der Waals surface area contributed by atoms with E-state index in [1.165, 1.54) is 30.7 Å². The van der Waals surface area contributed by atoms with Crippen molar-refractivity contribution in [3.63, 3.8) is 0 Å². The number of thiophene rings is 1. The third-order valence-corrected chi connectivity index (χ3v) is 5.05. The van der Waals surface area contributed by atoms with Gasteiger partial charge in [0.15, 0.2) is 0 Å². The second-order valence-corrected chi connectivity index (χ2v) is 6.43. The Morgan fingerprint density at radius 2 is 2.32 bits per heavy atom. The Balaban J connectivity index is 1.47. The monoisotopic (exact) mass is 279 g/mol. The van der Waals surface area contributed by atoms with Crippen molar-refractivity contribution in [1.29, 1.82) is 0 Å². The van der Waals surface area contributed by atoms with E-state index in [-0.39, 0.29) is 6.03 Å². The van der Waals surface area contributed by atoms with Crippen molar-refractivity contribution < 1.29 is 4.79 Å². The summed E-state index contributed by atoms with van der Waals surface area (Å²) in [4.78, 5) is 15.7. The Bertz CT molecular complexity index is 420. The maximum absolute atomic E-state index is 11.9. The molecule has 0 spiro atoms. The van der Waals surface area contributed by atoms with Crippen LogP contribution >= 0.6 is 11.3 Å². The molecule has 0 radical (unpaired) electrons. The average molecular weight is 279 g/mol. The van der Waals surface area contributed by atoms with Gasteiger partial charge >= 0.3 is 6.03 Å². The predicted octanol–water partition coefficient (Wildman–Crippen LogP) is 2.17. The Morgan fingerprint density at radius 1 is 1.37 bits per heavy atom. The molecule has 1 aromatic rings. The highest BCUT2D eigenvalue weighted by molar-refractivity contribution is 7.09. The van der Waals surface area contributed by atoms with Crippen LogP contribution in [-0.4, -0.2) is 36.1 Å². The summed E-state index contributed by atoms with van der Waals surface area (Å²) in [5.41, 5.74) is 0. The van der Waals surface area contributed by atoms with Crippen LogP contribution in [0.25, 0.3) is 0 Å². The highest BCUT2D eigenvalue weighted by atomic mass is 32.1. The number of urea groups is 1. The maximum Gasteiger partial charge on any atom is 0.315 e. The molecule has 4 nitrogen and oxygen atoms in total. The predicted molar refractivity (Wildman–Crippen MR) is 77.3 cm³/mol. The van der Waals surface area contributed by atoms with Crippen LogP contribution in [0.3, 0.4) is 0 Å². The fourth-order valence-electron chi connectivity index (χ4n) is 3.22. The zero-order chi connectivity index (χ0) is 13.1. The van der Waals surface area contributed by atoms with E-state index in [0.29, 0.717) is 18.6 Å². The van der Waals surface area contributed by atoms with Crippen molar-refractivity contribution in [3.05, 3.63) is 22.4 Å². The zero-order valence-electron chi connectivity index (χ0n) is 11.1. The van der Waals surface area contributed by atoms with Crippen molar-refractivity contribution in [2.24, 2.45) is 0 Å². The van der Waals surface area contributed by atoms with Gasteiger partial charge < -0.3 is 10.6 Å². The van der Waals surface area contributed by atoms with E-state index >= 15 is 0 Å². The molecule has 2 saturated heterocycles. The van der Waals surface area contributed by atoms with Crippen molar-refractivity contribution in [2.45, 2.75) is 44.3 Å². The maximum atomic E-state index is 11.9. The van der Waals surface area contributed by atoms with E-state index in [2.05, 4.69) is 15.5 Å². The van der Waals surface area contributed by atoms with Gasteiger partial charge in [0.2, 0.25) is 0 Å². The van der Waals surface area contributed by atoms with E-state index < -0.39 is 0 Å². The molecule has 2 amide bonds. The Morgan fingerprint density at radius 3 is 3.16 bits per heavy atom. The molecule has 2 fully saturated rings. The van der Waals surface area contributed by atoms with Crippen molar-refractivity contribution in [3.8, 4) is 0 Å². The van der Waals surface area contributed by atoms with Gasteiger partial charge in [-0.25, -0.2) is 4.79 Å². The van der Waals surface area contributed by atoms with Gasteiger partial charge in [0.1, 0.15) is 0 Å². The third kappa shape index (κ3) is 3.09. The summed E-state index contributed by atoms with van der Waals surface area (Å²) in [6, 6.07) is 4.94. The van der Waals surface area contributed by atoms with E-state index in [4.69, 9.17) is 0 Å². The van der Waals surface area contributed by atoms with Gasteiger partial charge in [-0.3, -0.25) is 4.90 Å². The van der Waals surface area contributed by atoms with Crippen molar-refractivity contribution in [1.82, 2.24) is 15.5 Å². The second-order valence-electron chi connectivity index (χ2n) is 5.40. The van der Waals surface area contributed by atoms with Crippen LogP contribution in [0.2, 0.25) is 0 Å². The molecule has 19 heavy (non-hydrogen) atoms. The van der Waals surface area contributed by atoms with Gasteiger partial charge in [-0.1, -0.05) is 12.5 Å². The van der Waals surface area contributed by atoms with E-state index in [9.17, 15) is 4.79 Å². The van der Waals surface area contributed by atoms with Crippen LogP contribution in [0.4, 0.5) is 4.79 Å². The third-order valence-electron chi connectivity index (χ3n) is 4.18. The molecule has 2 atom stereocenters. The van der Waals surface area contributed by atoms with E-state index in [0.717, 1.165) is 13.0 Å². The summed E-state index contributed by atoms with van der Waals surface area (Å²) in [5, 5.41) is 8.14. The lowest BCUT2D eigenvalue weighted by molar-refractivity contribution is 0.179. The van der Waals surface area contributed by atoms with Crippen LogP contribution in [-0.2, 0) is 6.54 Å². The van der Waals surface area contributed by atoms with Crippen molar-refractivity contribution in [2.75, 3.05) is 13.1 Å². The van der Waals surface area contributed by atoms with Crippen LogP contribution in [0, 0.1) is 0 Å². The topological polar surface area (TPSA) is 44.4 Å². The molecule has 2 aliphatic rings. The standard InChI is InChI=1S/C14H21N3OS/c18-14(15-10-11-4-3-9-19-11)16-12-6-8-17-7-2-1-5-13(12)17/h3-4,9,12-13H,1-2,5-8,10H2,(H2,15,16,18)/t12-,13-/m1/s1. The molecular formula is C14H21N3OS. The number of hydrogen-bond acceptors (Lipinski definition) is 3. The first kappa shape index (κ1) is 12.9. The Kier molecular flexibility index (Phi) is 4.03. The minimum atomic E-state index is -0.0224. The smallest absolute Gasteiger partial charge is 0.315 e. The quantitative estimate of drug-likeness (QED) is 0.890. The largest absolute Gasteiger partial charge is 0.334 e. The summed E-state index contributed by atoms with van der Waals surface area (Å²) in [6.45, 7) is 2.98. The number of rotatable bonds is 3. The number of hydrogen-bond donors (Lipinski definition) is 2. The number of piperidine rings is 1. The number of nitrogens with one attached hydrogen (secondary N) is 2. The normalized spacial score (nSPS) is 26.9. The van der Waals surface area contributed by atoms with E-state index in [1.807, 2.05) is 17.5 Å². The van der Waals surface area contributed by atoms with Gasteiger partial charge in [0.25, 0.3) is 0 Å². The lowest BCUT2D eigenvalue weighted by Crippen LogP contribution is -2.49. The molecule has 2 N–H and O–H groups in total. The highest BCUT2D eigenvalue weighted by Crippen LogP contribution is 2.26. The first-order chi connectivity index (χ1) is 9.33. The first-order valence-corrected chi connectivity index (χ1v) is 8.02. The molecule has 1 aromatic heterocycles. The van der Waals surface area contributed by atoms with Gasteiger partial charge in [0, 0.05) is 23.5 Å². The molecule has 2 aliphatic heterocycles. The number of carbonyl (C=O) groups is 1. The molecule has 3 rings (SSSR count). The van der Waals surface area contributed by atoms with Crippen LogP contribution < -0.4 is 10.6 Å². The molecule has 0 aliphatic carbocycles. The molecule has 0 unspecified atom stereocenters. The average Bonchev–Trinajstić information content (AvgIpc) is 3.07. The van der Waals surface area contributed by atoms with Gasteiger partial charge in [0.05, 0.1) is 6.54 Å². The number of nitrogens with zero attached hydrogens (tertiary/aromatic N) is 1. The van der Waals surface area contributed by atoms with E-state index in [1.54, 1.807) is 11.3 Å². The van der Waals surface area contributed by atoms with Gasteiger partial charge in [-0.15, -0.1) is 11.3 Å². The first-order valence-electron chi connectivity index (χ1n) is 7.14. The summed E-state index contributed by atoms with van der Waals surface area (Å²) in [7, 11) is 0. The minimum Gasteiger partial charge on any atom is -0.334 e. The van der Waals surface area contributed by atoms with Gasteiger partial charge in [-0.2, -0.15) is 0 Å². The minimum absolute atomic E-state index is 0.0224. The Labute approximate surface area is 118 Å².